The predicted molar refractivity (Wildman–Crippen MR) is 131 cm³/mol. The number of aliphatic hydroxyl groups is 1. The van der Waals surface area contributed by atoms with Crippen LogP contribution in [0.15, 0.2) is 77.2 Å². The lowest BCUT2D eigenvalue weighted by atomic mass is 10.0. The summed E-state index contributed by atoms with van der Waals surface area (Å²) in [6.45, 7) is 2.22. The van der Waals surface area contributed by atoms with E-state index in [0.29, 0.717) is 34.8 Å². The van der Waals surface area contributed by atoms with E-state index in [1.807, 2.05) is 67.6 Å². The van der Waals surface area contributed by atoms with Crippen molar-refractivity contribution in [3.8, 4) is 17.2 Å². The highest BCUT2D eigenvalue weighted by molar-refractivity contribution is 6.07. The summed E-state index contributed by atoms with van der Waals surface area (Å²) >= 11 is 0. The van der Waals surface area contributed by atoms with E-state index in [0.717, 1.165) is 28.5 Å². The molecule has 0 bridgehead atoms. The summed E-state index contributed by atoms with van der Waals surface area (Å²) in [4.78, 5) is 13.4. The molecule has 172 valence electrons. The fourth-order valence-corrected chi connectivity index (χ4v) is 4.05. The van der Waals surface area contributed by atoms with E-state index in [1.54, 1.807) is 12.1 Å². The number of H-pyrrole nitrogens is 1. The Morgan fingerprint density at radius 1 is 1.12 bits per heavy atom. The summed E-state index contributed by atoms with van der Waals surface area (Å²) in [5.41, 5.74) is 3.26. The Morgan fingerprint density at radius 3 is 2.68 bits per heavy atom. The van der Waals surface area contributed by atoms with E-state index in [2.05, 4.69) is 15.5 Å². The maximum atomic E-state index is 13.4. The number of benzene rings is 3. The number of nitrogens with zero attached hydrogens (tertiary/aromatic N) is 1. The monoisotopic (exact) mass is 455 g/mol. The van der Waals surface area contributed by atoms with Gasteiger partial charge in [0.15, 0.2) is 5.76 Å². The van der Waals surface area contributed by atoms with Crippen LogP contribution in [0.4, 0.5) is 0 Å². The van der Waals surface area contributed by atoms with Crippen LogP contribution in [0.3, 0.4) is 0 Å². The molecule has 0 saturated heterocycles. The van der Waals surface area contributed by atoms with Gasteiger partial charge in [-0.25, -0.2) is 0 Å². The van der Waals surface area contributed by atoms with Crippen LogP contribution in [0.5, 0.6) is 5.75 Å². The van der Waals surface area contributed by atoms with Gasteiger partial charge in [-0.05, 0) is 36.2 Å². The van der Waals surface area contributed by atoms with Crippen molar-refractivity contribution in [2.75, 3.05) is 13.2 Å². The van der Waals surface area contributed by atoms with Crippen molar-refractivity contribution < 1.29 is 19.1 Å². The van der Waals surface area contributed by atoms with Gasteiger partial charge in [0.1, 0.15) is 17.0 Å². The van der Waals surface area contributed by atoms with E-state index >= 15 is 0 Å². The SMILES string of the molecule is CCCOc1c(C(=O)NC(CO)c2ccccc2)ccc2[nH]nc(-c3cc4ccccc4o3)c12. The molecule has 3 N–H and O–H groups in total. The maximum absolute atomic E-state index is 13.4. The van der Waals surface area contributed by atoms with Crippen molar-refractivity contribution in [3.63, 3.8) is 0 Å². The Morgan fingerprint density at radius 2 is 1.91 bits per heavy atom. The van der Waals surface area contributed by atoms with Crippen LogP contribution in [0, 0.1) is 0 Å². The Bertz CT molecular complexity index is 1410. The van der Waals surface area contributed by atoms with E-state index in [9.17, 15) is 9.90 Å². The quantitative estimate of drug-likeness (QED) is 0.298. The van der Waals surface area contributed by atoms with Crippen molar-refractivity contribution in [1.82, 2.24) is 15.5 Å². The number of aromatic nitrogens is 2. The highest BCUT2D eigenvalue weighted by Crippen LogP contribution is 2.38. The molecular weight excluding hydrogens is 430 g/mol. The molecular formula is C27H25N3O4. The summed E-state index contributed by atoms with van der Waals surface area (Å²) < 4.78 is 12.2. The number of fused-ring (bicyclic) bond motifs is 2. The molecule has 1 amide bonds. The third-order valence-electron chi connectivity index (χ3n) is 5.73. The molecule has 5 rings (SSSR count). The Kier molecular flexibility index (Phi) is 6.01. The summed E-state index contributed by atoms with van der Waals surface area (Å²) in [5, 5.41) is 22.0. The second kappa shape index (κ2) is 9.41. The average Bonchev–Trinajstić information content (AvgIpc) is 3.50. The van der Waals surface area contributed by atoms with E-state index in [-0.39, 0.29) is 12.5 Å². The molecule has 7 heteroatoms. The first kappa shape index (κ1) is 21.7. The molecule has 0 aliphatic rings. The molecule has 2 heterocycles. The third kappa shape index (κ3) is 4.02. The topological polar surface area (TPSA) is 100 Å². The van der Waals surface area contributed by atoms with Gasteiger partial charge < -0.3 is 19.6 Å². The number of para-hydroxylation sites is 1. The summed E-state index contributed by atoms with van der Waals surface area (Å²) in [7, 11) is 0. The van der Waals surface area contributed by atoms with Gasteiger partial charge in [-0.2, -0.15) is 5.10 Å². The van der Waals surface area contributed by atoms with E-state index < -0.39 is 6.04 Å². The first-order chi connectivity index (χ1) is 16.7. The number of amides is 1. The standard InChI is InChI=1S/C27H25N3O4/c1-2-14-33-26-19(27(32)28-21(16-31)17-8-4-3-5-9-17)12-13-20-24(26)25(30-29-20)23-15-18-10-6-7-11-22(18)34-23/h3-13,15,21,31H,2,14,16H2,1H3,(H,28,32)(H,29,30). The Balaban J connectivity index is 1.59. The summed E-state index contributed by atoms with van der Waals surface area (Å²) in [5.74, 6) is 0.683. The van der Waals surface area contributed by atoms with Crippen molar-refractivity contribution in [1.29, 1.82) is 0 Å². The van der Waals surface area contributed by atoms with Gasteiger partial charge in [0.2, 0.25) is 0 Å². The zero-order valence-electron chi connectivity index (χ0n) is 18.7. The number of ether oxygens (including phenoxy) is 1. The van der Waals surface area contributed by atoms with Crippen LogP contribution >= 0.6 is 0 Å². The lowest BCUT2D eigenvalue weighted by Gasteiger charge is -2.18. The zero-order chi connectivity index (χ0) is 23.5. The van der Waals surface area contributed by atoms with Crippen molar-refractivity contribution in [2.45, 2.75) is 19.4 Å². The highest BCUT2D eigenvalue weighted by atomic mass is 16.5. The van der Waals surface area contributed by atoms with Gasteiger partial charge in [0.25, 0.3) is 5.91 Å². The average molecular weight is 456 g/mol. The number of aromatic amines is 1. The van der Waals surface area contributed by atoms with E-state index in [4.69, 9.17) is 9.15 Å². The van der Waals surface area contributed by atoms with Gasteiger partial charge in [-0.1, -0.05) is 55.5 Å². The first-order valence-electron chi connectivity index (χ1n) is 11.3. The highest BCUT2D eigenvalue weighted by Gasteiger charge is 2.24. The first-order valence-corrected chi connectivity index (χ1v) is 11.3. The van der Waals surface area contributed by atoms with Crippen LogP contribution in [0.25, 0.3) is 33.3 Å². The van der Waals surface area contributed by atoms with Crippen molar-refractivity contribution in [3.05, 3.63) is 83.9 Å². The van der Waals surface area contributed by atoms with Crippen LogP contribution in [-0.4, -0.2) is 34.4 Å². The second-order valence-corrected chi connectivity index (χ2v) is 8.05. The summed E-state index contributed by atoms with van der Waals surface area (Å²) in [6, 6.07) is 22.0. The molecule has 1 unspecified atom stereocenters. The molecule has 0 spiro atoms. The number of hydrogen-bond donors (Lipinski definition) is 3. The second-order valence-electron chi connectivity index (χ2n) is 8.05. The minimum absolute atomic E-state index is 0.223. The van der Waals surface area contributed by atoms with Gasteiger partial charge in [0, 0.05) is 5.39 Å². The fraction of sp³-hybridized carbons (Fsp3) is 0.185. The van der Waals surface area contributed by atoms with Crippen LogP contribution in [0.1, 0.15) is 35.3 Å². The van der Waals surface area contributed by atoms with Gasteiger partial charge in [-0.15, -0.1) is 0 Å². The summed E-state index contributed by atoms with van der Waals surface area (Å²) in [6.07, 6.45) is 0.776. The lowest BCUT2D eigenvalue weighted by Crippen LogP contribution is -2.31. The number of carbonyl (C=O) groups is 1. The molecule has 1 atom stereocenters. The van der Waals surface area contributed by atoms with Gasteiger partial charge in [0.05, 0.1) is 35.7 Å². The normalized spacial score (nSPS) is 12.2. The number of furan rings is 1. The van der Waals surface area contributed by atoms with Crippen LogP contribution < -0.4 is 10.1 Å². The molecule has 5 aromatic rings. The minimum atomic E-state index is -0.539. The fourth-order valence-electron chi connectivity index (χ4n) is 4.05. The molecule has 0 fully saturated rings. The van der Waals surface area contributed by atoms with Gasteiger partial charge >= 0.3 is 0 Å². The Hall–Kier alpha value is -4.10. The molecule has 0 saturated carbocycles. The third-order valence-corrected chi connectivity index (χ3v) is 5.73. The molecule has 34 heavy (non-hydrogen) atoms. The smallest absolute Gasteiger partial charge is 0.255 e. The predicted octanol–water partition coefficient (Wildman–Crippen LogP) is 5.23. The maximum Gasteiger partial charge on any atom is 0.255 e. The lowest BCUT2D eigenvalue weighted by molar-refractivity contribution is 0.0912. The zero-order valence-corrected chi connectivity index (χ0v) is 18.7. The number of hydrogen-bond acceptors (Lipinski definition) is 5. The van der Waals surface area contributed by atoms with Crippen molar-refractivity contribution >= 4 is 27.8 Å². The largest absolute Gasteiger partial charge is 0.492 e. The van der Waals surface area contributed by atoms with E-state index in [1.165, 1.54) is 0 Å². The molecule has 3 aromatic carbocycles. The molecule has 0 aliphatic heterocycles. The number of rotatable bonds is 8. The number of aliphatic hydroxyl groups excluding tert-OH is 1. The molecule has 0 radical (unpaired) electrons. The minimum Gasteiger partial charge on any atom is -0.492 e. The number of nitrogens with one attached hydrogen (secondary N) is 2. The molecule has 0 aliphatic carbocycles. The van der Waals surface area contributed by atoms with Crippen molar-refractivity contribution in [2.24, 2.45) is 0 Å². The number of carbonyl (C=O) groups excluding carboxylic acids is 1. The molecule has 2 aromatic heterocycles. The molecule has 7 nitrogen and oxygen atoms in total. The van der Waals surface area contributed by atoms with Gasteiger partial charge in [-0.3, -0.25) is 9.89 Å². The van der Waals surface area contributed by atoms with Crippen LogP contribution in [-0.2, 0) is 0 Å². The Labute approximate surface area is 196 Å². The van der Waals surface area contributed by atoms with Crippen LogP contribution in [0.2, 0.25) is 0 Å².